The van der Waals surface area contributed by atoms with Gasteiger partial charge >= 0.3 is 0 Å². The van der Waals surface area contributed by atoms with Crippen LogP contribution in [-0.4, -0.2) is 16.6 Å². The summed E-state index contributed by atoms with van der Waals surface area (Å²) in [5, 5.41) is 2.00. The van der Waals surface area contributed by atoms with Crippen LogP contribution in [-0.2, 0) is 16.1 Å². The first kappa shape index (κ1) is 18.4. The molecule has 0 aliphatic carbocycles. The van der Waals surface area contributed by atoms with Gasteiger partial charge in [0.2, 0.25) is 5.91 Å². The minimum atomic E-state index is -0.534. The van der Waals surface area contributed by atoms with Crippen molar-refractivity contribution in [3.05, 3.63) is 32.6 Å². The molecule has 0 saturated carbocycles. The highest BCUT2D eigenvalue weighted by atomic mass is 79.9. The van der Waals surface area contributed by atoms with Gasteiger partial charge in [-0.3, -0.25) is 9.59 Å². The maximum atomic E-state index is 13.0. The molecule has 1 fully saturated rings. The number of rotatable bonds is 5. The number of thiophene rings is 1. The van der Waals surface area contributed by atoms with Gasteiger partial charge in [0.05, 0.1) is 15.7 Å². The molecule has 1 amide bonds. The van der Waals surface area contributed by atoms with Gasteiger partial charge in [0, 0.05) is 23.6 Å². The number of ketones is 1. The minimum absolute atomic E-state index is 0.0798. The zero-order valence-electron chi connectivity index (χ0n) is 14.4. The van der Waals surface area contributed by atoms with E-state index in [1.165, 1.54) is 0 Å². The van der Waals surface area contributed by atoms with Gasteiger partial charge in [-0.25, -0.2) is 0 Å². The number of allylic oxidation sites excluding steroid dienone is 2. The quantitative estimate of drug-likeness (QED) is 0.643. The van der Waals surface area contributed by atoms with Gasteiger partial charge in [-0.1, -0.05) is 34.6 Å². The molecule has 3 nitrogen and oxygen atoms in total. The third kappa shape index (κ3) is 3.18. The Morgan fingerprint density at radius 3 is 2.48 bits per heavy atom. The predicted octanol–water partition coefficient (Wildman–Crippen LogP) is 5.16. The second-order valence-corrected chi connectivity index (χ2v) is 9.34. The molecule has 126 valence electrons. The molecule has 1 saturated heterocycles. The van der Waals surface area contributed by atoms with Crippen molar-refractivity contribution in [3.8, 4) is 0 Å². The summed E-state index contributed by atoms with van der Waals surface area (Å²) in [6.07, 6.45) is 3.02. The van der Waals surface area contributed by atoms with E-state index in [1.807, 2.05) is 32.2 Å². The molecule has 0 N–H and O–H groups in total. The molecular formula is C18H24BrNO2S. The van der Waals surface area contributed by atoms with Crippen molar-refractivity contribution < 1.29 is 9.59 Å². The number of nitrogens with zero attached hydrogens (tertiary/aromatic N) is 1. The van der Waals surface area contributed by atoms with E-state index in [4.69, 9.17) is 0 Å². The number of halogens is 1. The molecule has 2 heterocycles. The average molecular weight is 398 g/mol. The van der Waals surface area contributed by atoms with E-state index >= 15 is 0 Å². The maximum Gasteiger partial charge on any atom is 0.233 e. The Morgan fingerprint density at radius 1 is 1.30 bits per heavy atom. The molecule has 1 aromatic heterocycles. The Hall–Kier alpha value is -0.940. The molecule has 1 aliphatic heterocycles. The molecule has 0 unspecified atom stereocenters. The molecule has 0 aromatic carbocycles. The molecule has 2 rings (SSSR count). The lowest BCUT2D eigenvalue weighted by atomic mass is 9.68. The van der Waals surface area contributed by atoms with E-state index in [-0.39, 0.29) is 17.1 Å². The fraction of sp³-hybridized carbons (Fsp3) is 0.556. The molecular weight excluding hydrogens is 374 g/mol. The Kier molecular flexibility index (Phi) is 5.21. The number of carbonyl (C=O) groups is 2. The van der Waals surface area contributed by atoms with E-state index in [1.54, 1.807) is 22.3 Å². The van der Waals surface area contributed by atoms with Crippen LogP contribution in [0.1, 0.15) is 53.0 Å². The van der Waals surface area contributed by atoms with Crippen LogP contribution in [0.5, 0.6) is 0 Å². The van der Waals surface area contributed by atoms with Crippen molar-refractivity contribution in [3.63, 3.8) is 0 Å². The van der Waals surface area contributed by atoms with Crippen LogP contribution < -0.4 is 0 Å². The molecule has 1 aliphatic rings. The fourth-order valence-corrected chi connectivity index (χ4v) is 4.08. The van der Waals surface area contributed by atoms with Crippen LogP contribution in [0.3, 0.4) is 0 Å². The predicted molar refractivity (Wildman–Crippen MR) is 98.1 cm³/mol. The van der Waals surface area contributed by atoms with Crippen molar-refractivity contribution in [2.75, 3.05) is 0 Å². The molecule has 23 heavy (non-hydrogen) atoms. The lowest BCUT2D eigenvalue weighted by Crippen LogP contribution is -2.34. The first-order valence-corrected chi connectivity index (χ1v) is 9.59. The first-order valence-electron chi connectivity index (χ1n) is 7.91. The van der Waals surface area contributed by atoms with Crippen LogP contribution in [0, 0.1) is 10.8 Å². The third-order valence-electron chi connectivity index (χ3n) is 5.09. The van der Waals surface area contributed by atoms with Crippen LogP contribution in [0.25, 0.3) is 0 Å². The summed E-state index contributed by atoms with van der Waals surface area (Å²) in [7, 11) is 0. The minimum Gasteiger partial charge on any atom is -0.311 e. The largest absolute Gasteiger partial charge is 0.311 e. The Bertz CT molecular complexity index is 658. The SMILES string of the molecule is CCCC(=O)/C=C1\N(Cc2ccsc2Br)C(=O)C(C)(C)C1(C)C. The Balaban J connectivity index is 2.46. The van der Waals surface area contributed by atoms with E-state index in [9.17, 15) is 9.59 Å². The number of carbonyl (C=O) groups excluding carboxylic acids is 2. The van der Waals surface area contributed by atoms with Gasteiger partial charge in [-0.05, 0) is 39.4 Å². The molecule has 1 aromatic rings. The summed E-state index contributed by atoms with van der Waals surface area (Å²) in [5.74, 6) is 0.173. The molecule has 0 radical (unpaired) electrons. The summed E-state index contributed by atoms with van der Waals surface area (Å²) in [5.41, 5.74) is 0.999. The van der Waals surface area contributed by atoms with Gasteiger partial charge in [0.1, 0.15) is 0 Å². The highest BCUT2D eigenvalue weighted by Crippen LogP contribution is 2.53. The number of likely N-dealkylation sites (tertiary alicyclic amines) is 1. The van der Waals surface area contributed by atoms with Gasteiger partial charge in [-0.15, -0.1) is 11.3 Å². The lowest BCUT2D eigenvalue weighted by molar-refractivity contribution is -0.136. The average Bonchev–Trinajstić information content (AvgIpc) is 2.90. The van der Waals surface area contributed by atoms with E-state index in [2.05, 4.69) is 29.8 Å². The number of hydrogen-bond donors (Lipinski definition) is 0. The van der Waals surface area contributed by atoms with Gasteiger partial charge < -0.3 is 4.90 Å². The zero-order valence-corrected chi connectivity index (χ0v) is 16.8. The van der Waals surface area contributed by atoms with Crippen LogP contribution in [0.2, 0.25) is 0 Å². The highest BCUT2D eigenvalue weighted by molar-refractivity contribution is 9.11. The first-order chi connectivity index (χ1) is 10.6. The van der Waals surface area contributed by atoms with Crippen LogP contribution in [0.15, 0.2) is 27.0 Å². The Morgan fingerprint density at radius 2 is 1.96 bits per heavy atom. The summed E-state index contributed by atoms with van der Waals surface area (Å²) >= 11 is 5.14. The van der Waals surface area contributed by atoms with E-state index in [0.29, 0.717) is 13.0 Å². The van der Waals surface area contributed by atoms with Crippen molar-refractivity contribution in [2.45, 2.75) is 54.0 Å². The standard InChI is InChI=1S/C18H24BrNO2S/c1-6-7-13(21)10-14-17(2,3)18(4,5)16(22)20(14)11-12-8-9-23-15(12)19/h8-10H,6-7,11H2,1-5H3/b14-10-. The van der Waals surface area contributed by atoms with Crippen LogP contribution >= 0.6 is 27.3 Å². The van der Waals surface area contributed by atoms with Gasteiger partial charge in [0.25, 0.3) is 0 Å². The Labute approximate surface area is 150 Å². The van der Waals surface area contributed by atoms with Gasteiger partial charge in [-0.2, -0.15) is 0 Å². The van der Waals surface area contributed by atoms with Crippen LogP contribution in [0.4, 0.5) is 0 Å². The fourth-order valence-electron chi connectivity index (χ4n) is 2.86. The second-order valence-electron chi connectivity index (χ2n) is 7.11. The lowest BCUT2D eigenvalue weighted by Gasteiger charge is -2.31. The smallest absolute Gasteiger partial charge is 0.233 e. The van der Waals surface area contributed by atoms with Crippen molar-refractivity contribution in [2.24, 2.45) is 10.8 Å². The molecule has 5 heteroatoms. The summed E-state index contributed by atoms with van der Waals surface area (Å²) < 4.78 is 1.03. The van der Waals surface area contributed by atoms with E-state index < -0.39 is 5.41 Å². The normalized spacial score (nSPS) is 21.2. The molecule has 0 spiro atoms. The third-order valence-corrected chi connectivity index (χ3v) is 6.90. The molecule has 0 bridgehead atoms. The highest BCUT2D eigenvalue weighted by Gasteiger charge is 2.56. The maximum absolute atomic E-state index is 13.0. The number of hydrogen-bond acceptors (Lipinski definition) is 3. The van der Waals surface area contributed by atoms with Crippen molar-refractivity contribution in [1.29, 1.82) is 0 Å². The monoisotopic (exact) mass is 397 g/mol. The van der Waals surface area contributed by atoms with Crippen molar-refractivity contribution >= 4 is 39.0 Å². The summed E-state index contributed by atoms with van der Waals surface area (Å²) in [6, 6.07) is 2.02. The summed E-state index contributed by atoms with van der Waals surface area (Å²) in [6.45, 7) is 10.5. The van der Waals surface area contributed by atoms with Gasteiger partial charge in [0.15, 0.2) is 5.78 Å². The summed E-state index contributed by atoms with van der Waals surface area (Å²) in [4.78, 5) is 27.0. The topological polar surface area (TPSA) is 37.4 Å². The van der Waals surface area contributed by atoms with E-state index in [0.717, 1.165) is 21.5 Å². The van der Waals surface area contributed by atoms with Crippen molar-refractivity contribution in [1.82, 2.24) is 4.90 Å². The molecule has 0 atom stereocenters. The second kappa shape index (κ2) is 6.52. The number of amides is 1. The zero-order chi connectivity index (χ0) is 17.4.